The van der Waals surface area contributed by atoms with Crippen LogP contribution in [0.25, 0.3) is 10.2 Å². The van der Waals surface area contributed by atoms with Crippen LogP contribution in [-0.2, 0) is 23.1 Å². The number of fused-ring (bicyclic) bond motifs is 1. The lowest BCUT2D eigenvalue weighted by molar-refractivity contribution is -0.130. The van der Waals surface area contributed by atoms with Gasteiger partial charge in [0.1, 0.15) is 5.69 Å². The fraction of sp³-hybridized carbons (Fsp3) is 0.143. The van der Waals surface area contributed by atoms with Crippen LogP contribution in [0.3, 0.4) is 0 Å². The summed E-state index contributed by atoms with van der Waals surface area (Å²) in [6.45, 7) is 0.373. The number of ether oxygens (including phenoxy) is 1. The number of carbonyl (C=O) groups excluding carboxylic acids is 2. The van der Waals surface area contributed by atoms with Crippen molar-refractivity contribution < 1.29 is 14.3 Å². The van der Waals surface area contributed by atoms with Gasteiger partial charge in [-0.05, 0) is 41.1 Å². The molecule has 0 aliphatic carbocycles. The molecule has 8 heteroatoms. The van der Waals surface area contributed by atoms with Crippen molar-refractivity contribution in [3.05, 3.63) is 80.4 Å². The molecule has 5 nitrogen and oxygen atoms in total. The molecule has 4 aromatic rings. The third-order valence-corrected chi connectivity index (χ3v) is 6.51. The van der Waals surface area contributed by atoms with Crippen molar-refractivity contribution in [1.82, 2.24) is 9.88 Å². The number of rotatable bonds is 6. The summed E-state index contributed by atoms with van der Waals surface area (Å²) in [4.78, 5) is 26.8. The van der Waals surface area contributed by atoms with Gasteiger partial charge in [-0.1, -0.05) is 29.8 Å². The summed E-state index contributed by atoms with van der Waals surface area (Å²) >= 11 is 9.07. The highest BCUT2D eigenvalue weighted by Gasteiger charge is 2.27. The Bertz CT molecular complexity index is 1150. The van der Waals surface area contributed by atoms with Crippen LogP contribution in [0.1, 0.15) is 27.0 Å². The van der Waals surface area contributed by atoms with Crippen molar-refractivity contribution in [3.63, 3.8) is 0 Å². The summed E-state index contributed by atoms with van der Waals surface area (Å²) in [6.07, 6.45) is -1.08. The van der Waals surface area contributed by atoms with E-state index in [0.29, 0.717) is 22.8 Å². The number of benzene rings is 1. The number of amides is 1. The minimum absolute atomic E-state index is 0.373. The van der Waals surface area contributed by atoms with Gasteiger partial charge in [-0.25, -0.2) is 4.79 Å². The monoisotopic (exact) mass is 444 g/mol. The lowest BCUT2D eigenvalue weighted by Crippen LogP contribution is -2.32. The number of carbonyl (C=O) groups is 2. The molecular weight excluding hydrogens is 428 g/mol. The zero-order valence-corrected chi connectivity index (χ0v) is 17.8. The summed E-state index contributed by atoms with van der Waals surface area (Å²) in [7, 11) is 1.81. The molecule has 0 aliphatic rings. The maximum atomic E-state index is 12.9. The Balaban J connectivity index is 1.57. The largest absolute Gasteiger partial charge is 0.443 e. The zero-order chi connectivity index (χ0) is 20.4. The Kier molecular flexibility index (Phi) is 5.71. The average molecular weight is 445 g/mol. The fourth-order valence-corrected chi connectivity index (χ4v) is 4.62. The van der Waals surface area contributed by atoms with E-state index in [9.17, 15) is 9.59 Å². The van der Waals surface area contributed by atoms with Gasteiger partial charge in [0.15, 0.2) is 0 Å². The van der Waals surface area contributed by atoms with Crippen molar-refractivity contribution >= 4 is 56.4 Å². The predicted octanol–water partition coefficient (Wildman–Crippen LogP) is 5.17. The summed E-state index contributed by atoms with van der Waals surface area (Å²) < 4.78 is 8.43. The predicted molar refractivity (Wildman–Crippen MR) is 117 cm³/mol. The highest BCUT2D eigenvalue weighted by atomic mass is 35.5. The zero-order valence-electron chi connectivity index (χ0n) is 15.4. The highest BCUT2D eigenvalue weighted by molar-refractivity contribution is 7.17. The molecule has 0 saturated carbocycles. The van der Waals surface area contributed by atoms with Crippen LogP contribution in [0.15, 0.2) is 59.3 Å². The van der Waals surface area contributed by atoms with Gasteiger partial charge in [0, 0.05) is 22.5 Å². The average Bonchev–Trinajstić information content (AvgIpc) is 3.45. The van der Waals surface area contributed by atoms with E-state index >= 15 is 0 Å². The highest BCUT2D eigenvalue weighted by Crippen LogP contribution is 2.27. The van der Waals surface area contributed by atoms with Crippen molar-refractivity contribution in [3.8, 4) is 0 Å². The van der Waals surface area contributed by atoms with Gasteiger partial charge < -0.3 is 14.6 Å². The van der Waals surface area contributed by atoms with E-state index in [-0.39, 0.29) is 5.91 Å². The molecule has 3 heterocycles. The number of aromatic nitrogens is 1. The van der Waals surface area contributed by atoms with Gasteiger partial charge in [-0.2, -0.15) is 0 Å². The number of thiophene rings is 2. The molecule has 1 unspecified atom stereocenters. The molecule has 4 rings (SSSR count). The third kappa shape index (κ3) is 4.22. The molecule has 1 N–H and O–H groups in total. The molecule has 0 spiro atoms. The van der Waals surface area contributed by atoms with Crippen LogP contribution in [0.2, 0.25) is 5.02 Å². The van der Waals surface area contributed by atoms with Crippen LogP contribution in [0.4, 0.5) is 0 Å². The van der Waals surface area contributed by atoms with Crippen LogP contribution in [0, 0.1) is 0 Å². The Morgan fingerprint density at radius 2 is 1.93 bits per heavy atom. The molecule has 0 aliphatic heterocycles. The van der Waals surface area contributed by atoms with E-state index in [2.05, 4.69) is 5.32 Å². The first-order valence-electron chi connectivity index (χ1n) is 8.82. The van der Waals surface area contributed by atoms with E-state index < -0.39 is 12.1 Å². The second kappa shape index (κ2) is 8.41. The molecule has 1 amide bonds. The molecule has 1 aromatic carbocycles. The molecule has 0 radical (unpaired) electrons. The standard InChI is InChI=1S/C21H17ClN2O3S2/c1-24-16-8-10-29-18(16)11-17(24)21(26)27-19(13-4-6-14(22)7-5-13)20(25)23-12-15-3-2-9-28-15/h2-11,19H,12H2,1H3,(H,23,25). The number of aryl methyl sites for hydroxylation is 1. The second-order valence-electron chi connectivity index (χ2n) is 6.39. The molecule has 3 aromatic heterocycles. The summed E-state index contributed by atoms with van der Waals surface area (Å²) in [6, 6.07) is 14.3. The van der Waals surface area contributed by atoms with E-state index in [4.69, 9.17) is 16.3 Å². The second-order valence-corrected chi connectivity index (χ2v) is 8.81. The lowest BCUT2D eigenvalue weighted by atomic mass is 10.1. The lowest BCUT2D eigenvalue weighted by Gasteiger charge is -2.18. The molecule has 0 bridgehead atoms. The number of halogens is 1. The van der Waals surface area contributed by atoms with E-state index in [1.165, 1.54) is 0 Å². The third-order valence-electron chi connectivity index (χ3n) is 4.53. The number of nitrogens with one attached hydrogen (secondary N) is 1. The summed E-state index contributed by atoms with van der Waals surface area (Å²) in [5.74, 6) is -0.938. The number of nitrogens with zero attached hydrogens (tertiary/aromatic N) is 1. The Morgan fingerprint density at radius 1 is 1.14 bits per heavy atom. The number of hydrogen-bond acceptors (Lipinski definition) is 5. The van der Waals surface area contributed by atoms with Gasteiger partial charge in [-0.3, -0.25) is 4.79 Å². The van der Waals surface area contributed by atoms with Crippen molar-refractivity contribution in [2.24, 2.45) is 7.05 Å². The minimum Gasteiger partial charge on any atom is -0.443 e. The fourth-order valence-electron chi connectivity index (χ4n) is 3.00. The summed E-state index contributed by atoms with van der Waals surface area (Å²) in [5.41, 5.74) is 1.91. The smallest absolute Gasteiger partial charge is 0.356 e. The SMILES string of the molecule is Cn1c(C(=O)OC(C(=O)NCc2cccs2)c2ccc(Cl)cc2)cc2sccc21. The Labute approximate surface area is 180 Å². The van der Waals surface area contributed by atoms with Crippen LogP contribution < -0.4 is 5.32 Å². The maximum absolute atomic E-state index is 12.9. The van der Waals surface area contributed by atoms with Crippen LogP contribution >= 0.6 is 34.3 Å². The van der Waals surface area contributed by atoms with E-state index in [0.717, 1.165) is 15.1 Å². The topological polar surface area (TPSA) is 60.3 Å². The van der Waals surface area contributed by atoms with Gasteiger partial charge >= 0.3 is 5.97 Å². The van der Waals surface area contributed by atoms with E-state index in [1.807, 2.05) is 29.0 Å². The maximum Gasteiger partial charge on any atom is 0.356 e. The van der Waals surface area contributed by atoms with Crippen molar-refractivity contribution in [1.29, 1.82) is 0 Å². The summed E-state index contributed by atoms with van der Waals surface area (Å²) in [5, 5.41) is 7.30. The van der Waals surface area contributed by atoms with Gasteiger partial charge in [0.2, 0.25) is 6.10 Å². The van der Waals surface area contributed by atoms with Crippen LogP contribution in [-0.4, -0.2) is 16.4 Å². The quantitative estimate of drug-likeness (QED) is 0.417. The molecular formula is C21H17ClN2O3S2. The first-order chi connectivity index (χ1) is 14.0. The Morgan fingerprint density at radius 3 is 2.62 bits per heavy atom. The van der Waals surface area contributed by atoms with E-state index in [1.54, 1.807) is 64.6 Å². The minimum atomic E-state index is -1.08. The van der Waals surface area contributed by atoms with Crippen molar-refractivity contribution in [2.45, 2.75) is 12.6 Å². The molecule has 148 valence electrons. The molecule has 1 atom stereocenters. The van der Waals surface area contributed by atoms with Gasteiger partial charge in [0.25, 0.3) is 5.91 Å². The molecule has 29 heavy (non-hydrogen) atoms. The molecule has 0 saturated heterocycles. The number of esters is 1. The normalized spacial score (nSPS) is 12.1. The van der Waals surface area contributed by atoms with Crippen molar-refractivity contribution in [2.75, 3.05) is 0 Å². The number of hydrogen-bond donors (Lipinski definition) is 1. The first kappa shape index (κ1) is 19.7. The first-order valence-corrected chi connectivity index (χ1v) is 11.0. The molecule has 0 fully saturated rings. The van der Waals surface area contributed by atoms with Gasteiger partial charge in [0.05, 0.1) is 16.8 Å². The van der Waals surface area contributed by atoms with Gasteiger partial charge in [-0.15, -0.1) is 22.7 Å². The Hall–Kier alpha value is -2.61. The van der Waals surface area contributed by atoms with Crippen LogP contribution in [0.5, 0.6) is 0 Å².